The van der Waals surface area contributed by atoms with E-state index in [1.54, 1.807) is 0 Å². The van der Waals surface area contributed by atoms with Crippen LogP contribution in [0.2, 0.25) is 0 Å². The van der Waals surface area contributed by atoms with Crippen LogP contribution >= 0.6 is 11.3 Å². The monoisotopic (exact) mass is 381 g/mol. The van der Waals surface area contributed by atoms with Gasteiger partial charge < -0.3 is 21.3 Å². The van der Waals surface area contributed by atoms with Crippen molar-refractivity contribution >= 4 is 22.4 Å². The second-order valence-corrected chi connectivity index (χ2v) is 8.80. The maximum Gasteiger partial charge on any atom is 0.220 e. The van der Waals surface area contributed by atoms with Crippen LogP contribution in [0.3, 0.4) is 0 Å². The van der Waals surface area contributed by atoms with Crippen molar-refractivity contribution in [3.63, 3.8) is 0 Å². The van der Waals surface area contributed by atoms with Crippen LogP contribution in [-0.2, 0) is 11.2 Å². The number of carbonyl (C=O) groups excluding carboxylic acids is 1. The van der Waals surface area contributed by atoms with E-state index in [1.165, 1.54) is 30.6 Å². The highest BCUT2D eigenvalue weighted by Crippen LogP contribution is 2.36. The van der Waals surface area contributed by atoms with Crippen LogP contribution in [0.5, 0.6) is 0 Å². The third-order valence-electron chi connectivity index (χ3n) is 5.70. The molecule has 3 atom stereocenters. The highest BCUT2D eigenvalue weighted by Gasteiger charge is 2.39. The van der Waals surface area contributed by atoms with Crippen molar-refractivity contribution in [1.29, 1.82) is 0 Å². The molecule has 1 aromatic rings. The number of hydrogen-bond acceptors (Lipinski definition) is 6. The molecule has 0 spiro atoms. The molecular formula is C19H31N3O3S. The SMILES string of the molecule is Nc1nc(CCC(=O)N[C@@H](CC2CCCCC2)[C@@H](O)[C@@H](O)C2CC2)cs1. The summed E-state index contributed by atoms with van der Waals surface area (Å²) in [4.78, 5) is 16.6. The Labute approximate surface area is 159 Å². The molecule has 2 aliphatic carbocycles. The van der Waals surface area contributed by atoms with Crippen molar-refractivity contribution in [3.05, 3.63) is 11.1 Å². The maximum atomic E-state index is 12.4. The van der Waals surface area contributed by atoms with E-state index in [2.05, 4.69) is 10.3 Å². The van der Waals surface area contributed by atoms with Gasteiger partial charge in [-0.3, -0.25) is 4.79 Å². The fourth-order valence-electron chi connectivity index (χ4n) is 3.98. The summed E-state index contributed by atoms with van der Waals surface area (Å²) in [5, 5.41) is 26.4. The zero-order valence-corrected chi connectivity index (χ0v) is 16.1. The first kappa shape index (κ1) is 19.6. The zero-order valence-electron chi connectivity index (χ0n) is 15.3. The normalized spacial score (nSPS) is 21.9. The Kier molecular flexibility index (Phi) is 6.89. The van der Waals surface area contributed by atoms with Crippen LogP contribution in [0.15, 0.2) is 5.38 Å². The largest absolute Gasteiger partial charge is 0.390 e. The van der Waals surface area contributed by atoms with Gasteiger partial charge in [-0.1, -0.05) is 32.1 Å². The lowest BCUT2D eigenvalue weighted by atomic mass is 9.82. The summed E-state index contributed by atoms with van der Waals surface area (Å²) in [6, 6.07) is -0.373. The third kappa shape index (κ3) is 5.66. The van der Waals surface area contributed by atoms with E-state index in [4.69, 9.17) is 5.73 Å². The Balaban J connectivity index is 1.54. The predicted octanol–water partition coefficient (Wildman–Crippen LogP) is 2.24. The topological polar surface area (TPSA) is 108 Å². The van der Waals surface area contributed by atoms with E-state index >= 15 is 0 Å². The number of nitrogens with zero attached hydrogens (tertiary/aromatic N) is 1. The highest BCUT2D eigenvalue weighted by atomic mass is 32.1. The van der Waals surface area contributed by atoms with Crippen LogP contribution in [-0.4, -0.2) is 39.4 Å². The van der Waals surface area contributed by atoms with Crippen LogP contribution in [0.1, 0.15) is 63.5 Å². The first-order valence-electron chi connectivity index (χ1n) is 9.88. The summed E-state index contributed by atoms with van der Waals surface area (Å²) in [6.07, 6.45) is 7.93. The van der Waals surface area contributed by atoms with Crippen molar-refractivity contribution in [2.24, 2.45) is 11.8 Å². The first-order valence-corrected chi connectivity index (χ1v) is 10.8. The number of aromatic nitrogens is 1. The Morgan fingerprint density at radius 1 is 1.27 bits per heavy atom. The predicted molar refractivity (Wildman–Crippen MR) is 103 cm³/mol. The first-order chi connectivity index (χ1) is 12.5. The molecule has 6 nitrogen and oxygen atoms in total. The average molecular weight is 382 g/mol. The maximum absolute atomic E-state index is 12.4. The lowest BCUT2D eigenvalue weighted by molar-refractivity contribution is -0.123. The van der Waals surface area contributed by atoms with Crippen LogP contribution in [0.25, 0.3) is 0 Å². The van der Waals surface area contributed by atoms with E-state index in [0.717, 1.165) is 37.8 Å². The fourth-order valence-corrected chi connectivity index (χ4v) is 4.58. The van der Waals surface area contributed by atoms with Gasteiger partial charge >= 0.3 is 0 Å². The highest BCUT2D eigenvalue weighted by molar-refractivity contribution is 7.13. The van der Waals surface area contributed by atoms with Crippen LogP contribution in [0, 0.1) is 11.8 Å². The number of rotatable bonds is 9. The summed E-state index contributed by atoms with van der Waals surface area (Å²) in [6.45, 7) is 0. The lowest BCUT2D eigenvalue weighted by Crippen LogP contribution is -2.50. The third-order valence-corrected chi connectivity index (χ3v) is 6.43. The molecule has 0 radical (unpaired) electrons. The number of carbonyl (C=O) groups is 1. The minimum atomic E-state index is -0.886. The number of amides is 1. The van der Waals surface area contributed by atoms with Crippen molar-refractivity contribution < 1.29 is 15.0 Å². The molecule has 0 bridgehead atoms. The van der Waals surface area contributed by atoms with Crippen molar-refractivity contribution in [3.8, 4) is 0 Å². The molecule has 5 N–H and O–H groups in total. The fraction of sp³-hybridized carbons (Fsp3) is 0.789. The molecule has 26 heavy (non-hydrogen) atoms. The molecule has 0 unspecified atom stereocenters. The summed E-state index contributed by atoms with van der Waals surface area (Å²) in [5.41, 5.74) is 6.45. The van der Waals surface area contributed by atoms with Crippen molar-refractivity contribution in [2.75, 3.05) is 5.73 Å². The smallest absolute Gasteiger partial charge is 0.220 e. The zero-order chi connectivity index (χ0) is 18.5. The number of nitrogens with two attached hydrogens (primary N) is 1. The molecule has 0 saturated heterocycles. The van der Waals surface area contributed by atoms with Gasteiger partial charge in [-0.2, -0.15) is 0 Å². The Hall–Kier alpha value is -1.18. The van der Waals surface area contributed by atoms with Crippen LogP contribution in [0.4, 0.5) is 5.13 Å². The summed E-state index contributed by atoms with van der Waals surface area (Å²) < 4.78 is 0. The minimum Gasteiger partial charge on any atom is -0.390 e. The van der Waals surface area contributed by atoms with Gasteiger partial charge in [0.05, 0.1) is 17.8 Å². The number of aliphatic hydroxyl groups is 2. The van der Waals surface area contributed by atoms with E-state index < -0.39 is 12.2 Å². The standard InChI is InChI=1S/C19H31N3O3S/c20-19-21-14(11-26-19)8-9-16(23)22-15(10-12-4-2-1-3-5-12)18(25)17(24)13-6-7-13/h11-13,15,17-18,24-25H,1-10H2,(H2,20,21)(H,22,23)/t15-,17-,18+/m0/s1. The molecule has 146 valence electrons. The van der Waals surface area contributed by atoms with Crippen molar-refractivity contribution in [2.45, 2.75) is 82.5 Å². The van der Waals surface area contributed by atoms with Gasteiger partial charge in [-0.05, 0) is 37.5 Å². The molecule has 2 aliphatic rings. The lowest BCUT2D eigenvalue weighted by Gasteiger charge is -2.32. The van der Waals surface area contributed by atoms with Gasteiger partial charge in [0, 0.05) is 11.8 Å². The Morgan fingerprint density at radius 2 is 2.00 bits per heavy atom. The molecule has 2 fully saturated rings. The number of hydrogen-bond donors (Lipinski definition) is 4. The number of anilines is 1. The van der Waals surface area contributed by atoms with Crippen molar-refractivity contribution in [1.82, 2.24) is 10.3 Å². The van der Waals surface area contributed by atoms with E-state index in [0.29, 0.717) is 23.9 Å². The molecule has 0 aliphatic heterocycles. The molecule has 2 saturated carbocycles. The summed E-state index contributed by atoms with van der Waals surface area (Å²) >= 11 is 1.37. The summed E-state index contributed by atoms with van der Waals surface area (Å²) in [5.74, 6) is 0.613. The average Bonchev–Trinajstić information content (AvgIpc) is 3.41. The van der Waals surface area contributed by atoms with Gasteiger partial charge in [0.2, 0.25) is 5.91 Å². The number of nitrogen functional groups attached to an aromatic ring is 1. The molecule has 1 aromatic heterocycles. The molecule has 1 amide bonds. The number of aryl methyl sites for hydroxylation is 1. The van der Waals surface area contributed by atoms with Gasteiger partial charge in [0.1, 0.15) is 6.10 Å². The number of aliphatic hydroxyl groups excluding tert-OH is 2. The molecule has 1 heterocycles. The Bertz CT molecular complexity index is 584. The van der Waals surface area contributed by atoms with E-state index in [9.17, 15) is 15.0 Å². The minimum absolute atomic E-state index is 0.0978. The van der Waals surface area contributed by atoms with E-state index in [1.807, 2.05) is 5.38 Å². The Morgan fingerprint density at radius 3 is 2.62 bits per heavy atom. The van der Waals surface area contributed by atoms with Crippen LogP contribution < -0.4 is 11.1 Å². The second kappa shape index (κ2) is 9.15. The number of thiazole rings is 1. The van der Waals surface area contributed by atoms with Gasteiger partial charge in [-0.15, -0.1) is 11.3 Å². The van der Waals surface area contributed by atoms with Gasteiger partial charge in [0.25, 0.3) is 0 Å². The molecular weight excluding hydrogens is 350 g/mol. The van der Waals surface area contributed by atoms with Gasteiger partial charge in [0.15, 0.2) is 5.13 Å². The molecule has 3 rings (SSSR count). The van der Waals surface area contributed by atoms with E-state index in [-0.39, 0.29) is 17.9 Å². The second-order valence-electron chi connectivity index (χ2n) is 7.91. The quantitative estimate of drug-likeness (QED) is 0.525. The molecule has 7 heteroatoms. The van der Waals surface area contributed by atoms with Gasteiger partial charge in [-0.25, -0.2) is 4.98 Å². The summed E-state index contributed by atoms with van der Waals surface area (Å²) in [7, 11) is 0. The number of nitrogens with one attached hydrogen (secondary N) is 1. The molecule has 0 aromatic carbocycles.